The molecule has 126 valence electrons. The van der Waals surface area contributed by atoms with E-state index in [0.29, 0.717) is 0 Å². The summed E-state index contributed by atoms with van der Waals surface area (Å²) in [7, 11) is 3.32. The minimum atomic E-state index is 0.285. The lowest BCUT2D eigenvalue weighted by Gasteiger charge is -2.26. The number of hydrogen-bond donors (Lipinski definition) is 0. The second-order valence-corrected chi connectivity index (χ2v) is 6.11. The third kappa shape index (κ3) is 2.02. The Hall–Kier alpha value is -3.08. The van der Waals surface area contributed by atoms with Gasteiger partial charge in [0, 0.05) is 28.9 Å². The van der Waals surface area contributed by atoms with E-state index in [1.54, 1.807) is 14.2 Å². The van der Waals surface area contributed by atoms with Gasteiger partial charge in [-0.2, -0.15) is 0 Å². The van der Waals surface area contributed by atoms with Crippen LogP contribution in [0.1, 0.15) is 0 Å². The topological polar surface area (TPSA) is 40.2 Å². The van der Waals surface area contributed by atoms with Crippen LogP contribution in [0.3, 0.4) is 0 Å². The van der Waals surface area contributed by atoms with Gasteiger partial charge in [0.25, 0.3) is 0 Å². The van der Waals surface area contributed by atoms with Crippen molar-refractivity contribution in [1.82, 2.24) is 4.90 Å². The Balaban J connectivity index is 1.83. The van der Waals surface area contributed by atoms with Crippen LogP contribution in [0.15, 0.2) is 24.3 Å². The molecule has 0 spiro atoms. The SMILES string of the molecule is COc1ccc2c(c1OC)=CN1CC=c3cc4c(cc3=C1C=2)OCO4. The summed E-state index contributed by atoms with van der Waals surface area (Å²) in [5, 5.41) is 4.45. The lowest BCUT2D eigenvalue weighted by atomic mass is 10.0. The zero-order valence-electron chi connectivity index (χ0n) is 14.0. The lowest BCUT2D eigenvalue weighted by Crippen LogP contribution is -2.43. The summed E-state index contributed by atoms with van der Waals surface area (Å²) in [6, 6.07) is 8.11. The monoisotopic (exact) mass is 335 g/mol. The standard InChI is InChI=1S/C20H17NO4/c1-22-17-4-3-12-7-16-14-9-19-18(24-11-25-19)8-13(14)5-6-21(16)10-15(12)20(17)23-2/h3-5,7-10H,6,11H2,1-2H3. The number of ether oxygens (including phenoxy) is 4. The van der Waals surface area contributed by atoms with Crippen molar-refractivity contribution in [2.24, 2.45) is 0 Å². The Morgan fingerprint density at radius 2 is 1.84 bits per heavy atom. The second-order valence-electron chi connectivity index (χ2n) is 6.11. The summed E-state index contributed by atoms with van der Waals surface area (Å²) in [5.41, 5.74) is 1.15. The van der Waals surface area contributed by atoms with Crippen molar-refractivity contribution in [3.63, 3.8) is 0 Å². The number of methoxy groups -OCH3 is 2. The maximum absolute atomic E-state index is 5.59. The molecule has 2 aromatic carbocycles. The molecular weight excluding hydrogens is 318 g/mol. The molecule has 3 aliphatic heterocycles. The van der Waals surface area contributed by atoms with Gasteiger partial charge in [-0.15, -0.1) is 0 Å². The Bertz CT molecular complexity index is 1130. The third-order valence-electron chi connectivity index (χ3n) is 4.83. The molecule has 5 nitrogen and oxygen atoms in total. The van der Waals surface area contributed by atoms with Gasteiger partial charge in [-0.05, 0) is 34.7 Å². The fourth-order valence-electron chi connectivity index (χ4n) is 3.61. The van der Waals surface area contributed by atoms with Crippen molar-refractivity contribution in [1.29, 1.82) is 0 Å². The van der Waals surface area contributed by atoms with Gasteiger partial charge in [-0.1, -0.05) is 12.1 Å². The maximum atomic E-state index is 5.59. The fraction of sp³-hybridized carbons (Fsp3) is 0.200. The van der Waals surface area contributed by atoms with Crippen LogP contribution in [0.25, 0.3) is 24.0 Å². The summed E-state index contributed by atoms with van der Waals surface area (Å²) in [6.07, 6.45) is 6.50. The van der Waals surface area contributed by atoms with Gasteiger partial charge in [0.05, 0.1) is 14.2 Å². The van der Waals surface area contributed by atoms with Crippen molar-refractivity contribution in [3.8, 4) is 23.0 Å². The van der Waals surface area contributed by atoms with E-state index in [0.717, 1.165) is 50.9 Å². The van der Waals surface area contributed by atoms with Crippen molar-refractivity contribution in [2.45, 2.75) is 0 Å². The van der Waals surface area contributed by atoms with Crippen molar-refractivity contribution in [3.05, 3.63) is 45.1 Å². The van der Waals surface area contributed by atoms with E-state index in [1.165, 1.54) is 5.22 Å². The van der Waals surface area contributed by atoms with Gasteiger partial charge >= 0.3 is 0 Å². The van der Waals surface area contributed by atoms with Gasteiger partial charge in [-0.3, -0.25) is 0 Å². The molecule has 0 bridgehead atoms. The molecule has 0 radical (unpaired) electrons. The summed E-state index contributed by atoms with van der Waals surface area (Å²) in [5.74, 6) is 3.11. The highest BCUT2D eigenvalue weighted by Gasteiger charge is 2.20. The maximum Gasteiger partial charge on any atom is 0.231 e. The Morgan fingerprint density at radius 3 is 2.64 bits per heavy atom. The fourth-order valence-corrected chi connectivity index (χ4v) is 3.61. The molecule has 0 aliphatic carbocycles. The molecule has 5 heteroatoms. The number of benzene rings is 2. The molecule has 0 saturated heterocycles. The van der Waals surface area contributed by atoms with Crippen LogP contribution >= 0.6 is 0 Å². The van der Waals surface area contributed by atoms with Crippen LogP contribution in [-0.4, -0.2) is 32.5 Å². The molecule has 3 aliphatic rings. The zero-order chi connectivity index (χ0) is 17.0. The minimum absolute atomic E-state index is 0.285. The van der Waals surface area contributed by atoms with E-state index >= 15 is 0 Å². The molecule has 0 aromatic heterocycles. The first-order valence-corrected chi connectivity index (χ1v) is 8.14. The molecule has 5 rings (SSSR count). The normalized spacial score (nSPS) is 15.9. The molecule has 0 amide bonds. The van der Waals surface area contributed by atoms with Crippen LogP contribution in [-0.2, 0) is 0 Å². The first kappa shape index (κ1) is 14.3. The van der Waals surface area contributed by atoms with Crippen LogP contribution in [0, 0.1) is 0 Å². The molecule has 0 saturated carbocycles. The third-order valence-corrected chi connectivity index (χ3v) is 4.83. The zero-order valence-corrected chi connectivity index (χ0v) is 14.0. The van der Waals surface area contributed by atoms with E-state index < -0.39 is 0 Å². The van der Waals surface area contributed by atoms with Gasteiger partial charge in [0.2, 0.25) is 6.79 Å². The van der Waals surface area contributed by atoms with Crippen LogP contribution in [0.2, 0.25) is 0 Å². The predicted molar refractivity (Wildman–Crippen MR) is 94.1 cm³/mol. The molecular formula is C20H17NO4. The van der Waals surface area contributed by atoms with E-state index in [-0.39, 0.29) is 6.79 Å². The number of nitrogens with zero attached hydrogens (tertiary/aromatic N) is 1. The highest BCUT2D eigenvalue weighted by atomic mass is 16.7. The van der Waals surface area contributed by atoms with E-state index in [1.807, 2.05) is 6.07 Å². The Kier molecular flexibility index (Phi) is 2.98. The summed E-state index contributed by atoms with van der Waals surface area (Å²) in [4.78, 5) is 2.22. The molecule has 0 unspecified atom stereocenters. The number of hydrogen-bond acceptors (Lipinski definition) is 5. The first-order valence-electron chi connectivity index (χ1n) is 8.14. The largest absolute Gasteiger partial charge is 0.493 e. The Labute approximate surface area is 144 Å². The molecule has 0 fully saturated rings. The van der Waals surface area contributed by atoms with Gasteiger partial charge < -0.3 is 23.8 Å². The van der Waals surface area contributed by atoms with Crippen LogP contribution in [0.5, 0.6) is 23.0 Å². The Morgan fingerprint density at radius 1 is 1.00 bits per heavy atom. The van der Waals surface area contributed by atoms with Crippen molar-refractivity contribution >= 4 is 24.0 Å². The number of rotatable bonds is 2. The average molecular weight is 335 g/mol. The lowest BCUT2D eigenvalue weighted by molar-refractivity contribution is 0.174. The van der Waals surface area contributed by atoms with E-state index in [4.69, 9.17) is 18.9 Å². The molecule has 0 atom stereocenters. The van der Waals surface area contributed by atoms with Crippen molar-refractivity contribution < 1.29 is 18.9 Å². The predicted octanol–water partition coefficient (Wildman–Crippen LogP) is -0.131. The summed E-state index contributed by atoms with van der Waals surface area (Å²) in [6.45, 7) is 1.07. The highest BCUT2D eigenvalue weighted by molar-refractivity contribution is 5.82. The molecule has 0 N–H and O–H groups in total. The first-order chi connectivity index (χ1) is 12.3. The van der Waals surface area contributed by atoms with E-state index in [9.17, 15) is 0 Å². The van der Waals surface area contributed by atoms with Crippen molar-refractivity contribution in [2.75, 3.05) is 27.6 Å². The van der Waals surface area contributed by atoms with Crippen LogP contribution < -0.4 is 39.8 Å². The molecule has 3 heterocycles. The summed E-state index contributed by atoms with van der Waals surface area (Å²) >= 11 is 0. The van der Waals surface area contributed by atoms with Gasteiger partial charge in [-0.25, -0.2) is 0 Å². The molecule has 25 heavy (non-hydrogen) atoms. The quantitative estimate of drug-likeness (QED) is 0.765. The minimum Gasteiger partial charge on any atom is -0.493 e. The van der Waals surface area contributed by atoms with Crippen LogP contribution in [0.4, 0.5) is 0 Å². The van der Waals surface area contributed by atoms with E-state index in [2.05, 4.69) is 41.5 Å². The number of fused-ring (bicyclic) bond motifs is 4. The highest BCUT2D eigenvalue weighted by Crippen LogP contribution is 2.29. The molecule has 2 aromatic rings. The average Bonchev–Trinajstić information content (AvgIpc) is 3.11. The van der Waals surface area contributed by atoms with Gasteiger partial charge in [0.1, 0.15) is 0 Å². The van der Waals surface area contributed by atoms with Gasteiger partial charge in [0.15, 0.2) is 23.0 Å². The summed E-state index contributed by atoms with van der Waals surface area (Å²) < 4.78 is 22.1. The second kappa shape index (κ2) is 5.21. The smallest absolute Gasteiger partial charge is 0.231 e.